The molecule has 0 saturated carbocycles. The van der Waals surface area contributed by atoms with Crippen molar-refractivity contribution in [2.75, 3.05) is 20.1 Å². The molecule has 2 aromatic heterocycles. The van der Waals surface area contributed by atoms with Crippen LogP contribution in [0, 0.1) is 0 Å². The van der Waals surface area contributed by atoms with Gasteiger partial charge in [-0.2, -0.15) is 0 Å². The Morgan fingerprint density at radius 1 is 1.35 bits per heavy atom. The lowest BCUT2D eigenvalue weighted by Crippen LogP contribution is -2.31. The molecule has 4 nitrogen and oxygen atoms in total. The number of hydrogen-bond donors (Lipinski definition) is 1. The second-order valence-corrected chi connectivity index (χ2v) is 6.18. The minimum atomic E-state index is 0.0689. The van der Waals surface area contributed by atoms with Gasteiger partial charge >= 0.3 is 0 Å². The van der Waals surface area contributed by atoms with Crippen molar-refractivity contribution in [1.82, 2.24) is 9.88 Å². The first-order valence-electron chi connectivity index (χ1n) is 6.35. The lowest BCUT2D eigenvalue weighted by Gasteiger charge is -2.25. The van der Waals surface area contributed by atoms with Crippen LogP contribution in [0.1, 0.15) is 17.4 Å². The molecular weight excluding hydrogens is 386 g/mol. The molecule has 0 radical (unpaired) electrons. The molecule has 20 heavy (non-hydrogen) atoms. The van der Waals surface area contributed by atoms with Crippen molar-refractivity contribution < 1.29 is 4.42 Å². The Morgan fingerprint density at radius 3 is 2.60 bits per heavy atom. The van der Waals surface area contributed by atoms with E-state index in [2.05, 4.69) is 48.8 Å². The highest BCUT2D eigenvalue weighted by Crippen LogP contribution is 2.31. The van der Waals surface area contributed by atoms with Crippen molar-refractivity contribution in [2.24, 2.45) is 5.73 Å². The van der Waals surface area contributed by atoms with E-state index in [1.165, 1.54) is 5.56 Å². The molecular formula is C14H17Br2N3O. The summed E-state index contributed by atoms with van der Waals surface area (Å²) in [5, 5.41) is 0. The number of hydrogen-bond acceptors (Lipinski definition) is 4. The third-order valence-electron chi connectivity index (χ3n) is 3.25. The average molecular weight is 403 g/mol. The van der Waals surface area contributed by atoms with Crippen LogP contribution in [0.25, 0.3) is 0 Å². The van der Waals surface area contributed by atoms with Gasteiger partial charge in [-0.3, -0.25) is 9.88 Å². The Hall–Kier alpha value is -0.690. The topological polar surface area (TPSA) is 55.3 Å². The third-order valence-corrected chi connectivity index (χ3v) is 4.96. The summed E-state index contributed by atoms with van der Waals surface area (Å²) in [7, 11) is 2.06. The third kappa shape index (κ3) is 3.91. The van der Waals surface area contributed by atoms with Crippen molar-refractivity contribution in [3.8, 4) is 0 Å². The van der Waals surface area contributed by atoms with E-state index in [1.54, 1.807) is 0 Å². The first-order chi connectivity index (χ1) is 9.61. The summed E-state index contributed by atoms with van der Waals surface area (Å²) in [5.41, 5.74) is 7.16. The number of nitrogens with two attached hydrogens (primary N) is 1. The minimum absolute atomic E-state index is 0.0689. The molecule has 0 aliphatic heterocycles. The number of likely N-dealkylation sites (N-methyl/N-ethyl adjacent to an activating group) is 1. The molecule has 1 atom stereocenters. The lowest BCUT2D eigenvalue weighted by molar-refractivity contribution is 0.221. The molecule has 2 heterocycles. The molecule has 108 valence electrons. The van der Waals surface area contributed by atoms with E-state index in [1.807, 2.05) is 30.6 Å². The zero-order valence-corrected chi connectivity index (χ0v) is 14.4. The molecule has 0 amide bonds. The zero-order chi connectivity index (χ0) is 14.5. The quantitative estimate of drug-likeness (QED) is 0.804. The fourth-order valence-corrected chi connectivity index (χ4v) is 2.66. The summed E-state index contributed by atoms with van der Waals surface area (Å²) in [5.74, 6) is 0.864. The van der Waals surface area contributed by atoms with E-state index >= 15 is 0 Å². The summed E-state index contributed by atoms with van der Waals surface area (Å²) in [6.07, 6.45) is 4.59. The second-order valence-electron chi connectivity index (χ2n) is 4.61. The molecule has 0 aliphatic rings. The number of nitrogens with zero attached hydrogens (tertiary/aromatic N) is 2. The summed E-state index contributed by atoms with van der Waals surface area (Å²) < 4.78 is 7.29. The molecule has 0 aromatic carbocycles. The van der Waals surface area contributed by atoms with Crippen LogP contribution in [0.3, 0.4) is 0 Å². The molecule has 1 unspecified atom stereocenters. The molecule has 0 fully saturated rings. The van der Waals surface area contributed by atoms with Gasteiger partial charge in [-0.15, -0.1) is 0 Å². The predicted octanol–water partition coefficient (Wildman–Crippen LogP) is 3.37. The van der Waals surface area contributed by atoms with E-state index in [9.17, 15) is 0 Å². The summed E-state index contributed by atoms with van der Waals surface area (Å²) in [4.78, 5) is 6.23. The van der Waals surface area contributed by atoms with Gasteiger partial charge in [0.2, 0.25) is 0 Å². The Labute approximate surface area is 135 Å². The smallest absolute Gasteiger partial charge is 0.183 e. The molecule has 0 aliphatic carbocycles. The standard InChI is InChI=1S/C14H17Br2N3O/c1-19(7-4-10-2-5-18-6-3-10)12(9-17)13-8-11(15)14(16)20-13/h2-3,5-6,8,12H,4,7,9,17H2,1H3. The van der Waals surface area contributed by atoms with Gasteiger partial charge in [-0.05, 0) is 69.1 Å². The fourth-order valence-electron chi connectivity index (χ4n) is 2.05. The largest absolute Gasteiger partial charge is 0.451 e. The minimum Gasteiger partial charge on any atom is -0.451 e. The molecule has 0 bridgehead atoms. The van der Waals surface area contributed by atoms with Crippen LogP contribution in [0.2, 0.25) is 0 Å². The molecule has 2 N–H and O–H groups in total. The zero-order valence-electron chi connectivity index (χ0n) is 11.2. The normalized spacial score (nSPS) is 12.8. The Morgan fingerprint density at radius 2 is 2.05 bits per heavy atom. The SMILES string of the molecule is CN(CCc1ccncc1)C(CN)c1cc(Br)c(Br)o1. The molecule has 6 heteroatoms. The van der Waals surface area contributed by atoms with E-state index in [4.69, 9.17) is 10.2 Å². The van der Waals surface area contributed by atoms with Gasteiger partial charge in [0.25, 0.3) is 0 Å². The monoisotopic (exact) mass is 401 g/mol. The van der Waals surface area contributed by atoms with E-state index < -0.39 is 0 Å². The van der Waals surface area contributed by atoms with Crippen LogP contribution >= 0.6 is 31.9 Å². The first kappa shape index (κ1) is 15.7. The fraction of sp³-hybridized carbons (Fsp3) is 0.357. The number of halogens is 2. The number of furan rings is 1. The van der Waals surface area contributed by atoms with E-state index in [-0.39, 0.29) is 6.04 Å². The predicted molar refractivity (Wildman–Crippen MR) is 86.5 cm³/mol. The molecule has 0 saturated heterocycles. The average Bonchev–Trinajstić information content (AvgIpc) is 2.78. The lowest BCUT2D eigenvalue weighted by atomic mass is 10.1. The van der Waals surface area contributed by atoms with Crippen molar-refractivity contribution in [3.05, 3.63) is 51.1 Å². The Kier molecular flexibility index (Phi) is 5.77. The van der Waals surface area contributed by atoms with Crippen molar-refractivity contribution in [2.45, 2.75) is 12.5 Å². The summed E-state index contributed by atoms with van der Waals surface area (Å²) >= 11 is 6.79. The van der Waals surface area contributed by atoms with Gasteiger partial charge in [0.1, 0.15) is 5.76 Å². The van der Waals surface area contributed by atoms with E-state index in [0.29, 0.717) is 11.2 Å². The van der Waals surface area contributed by atoms with Gasteiger partial charge in [-0.25, -0.2) is 0 Å². The van der Waals surface area contributed by atoms with Crippen LogP contribution in [-0.4, -0.2) is 30.0 Å². The van der Waals surface area contributed by atoms with Gasteiger partial charge < -0.3 is 10.2 Å². The second kappa shape index (κ2) is 7.36. The number of aromatic nitrogens is 1. The molecule has 2 aromatic rings. The van der Waals surface area contributed by atoms with Gasteiger partial charge in [0.05, 0.1) is 10.5 Å². The maximum atomic E-state index is 5.89. The Balaban J connectivity index is 2.00. The van der Waals surface area contributed by atoms with Gasteiger partial charge in [0, 0.05) is 25.5 Å². The number of pyridine rings is 1. The van der Waals surface area contributed by atoms with Gasteiger partial charge in [0.15, 0.2) is 4.67 Å². The van der Waals surface area contributed by atoms with Crippen LogP contribution < -0.4 is 5.73 Å². The van der Waals surface area contributed by atoms with E-state index in [0.717, 1.165) is 23.2 Å². The Bertz CT molecular complexity index is 525. The molecule has 0 spiro atoms. The van der Waals surface area contributed by atoms with Gasteiger partial charge in [-0.1, -0.05) is 0 Å². The highest BCUT2D eigenvalue weighted by Gasteiger charge is 2.20. The number of rotatable bonds is 6. The van der Waals surface area contributed by atoms with Crippen molar-refractivity contribution in [3.63, 3.8) is 0 Å². The van der Waals surface area contributed by atoms with Crippen LogP contribution in [0.4, 0.5) is 0 Å². The summed E-state index contributed by atoms with van der Waals surface area (Å²) in [6.45, 7) is 1.42. The maximum absolute atomic E-state index is 5.89. The van der Waals surface area contributed by atoms with Crippen LogP contribution in [0.5, 0.6) is 0 Å². The van der Waals surface area contributed by atoms with Crippen LogP contribution in [-0.2, 0) is 6.42 Å². The van der Waals surface area contributed by atoms with Crippen molar-refractivity contribution in [1.29, 1.82) is 0 Å². The maximum Gasteiger partial charge on any atom is 0.183 e. The van der Waals surface area contributed by atoms with Crippen LogP contribution in [0.15, 0.2) is 44.2 Å². The summed E-state index contributed by atoms with van der Waals surface area (Å²) in [6, 6.07) is 6.10. The first-order valence-corrected chi connectivity index (χ1v) is 7.94. The highest BCUT2D eigenvalue weighted by atomic mass is 79.9. The highest BCUT2D eigenvalue weighted by molar-refractivity contribution is 9.13. The van der Waals surface area contributed by atoms with Crippen molar-refractivity contribution >= 4 is 31.9 Å². The molecule has 2 rings (SSSR count).